The van der Waals surface area contributed by atoms with Crippen LogP contribution < -0.4 is 0 Å². The lowest BCUT2D eigenvalue weighted by Gasteiger charge is -2.21. The summed E-state index contributed by atoms with van der Waals surface area (Å²) in [7, 11) is -9.92. The van der Waals surface area contributed by atoms with Crippen LogP contribution in [0.2, 0.25) is 0 Å². The Morgan fingerprint density at radius 3 is 0.584 bits per heavy atom. The van der Waals surface area contributed by atoms with E-state index in [0.717, 1.165) is 89.9 Å². The summed E-state index contributed by atoms with van der Waals surface area (Å²) in [5, 5.41) is 10.6. The Hall–Kier alpha value is -1.94. The number of unbranched alkanes of at least 4 members (excludes halogenated alkanes) is 57. The fraction of sp³-hybridized carbons (Fsp3) is 0.951. The first-order chi connectivity index (χ1) is 49.2. The van der Waals surface area contributed by atoms with Gasteiger partial charge in [-0.15, -0.1) is 0 Å². The normalized spacial score (nSPS) is 13.8. The Kier molecular flexibility index (Phi) is 74.8. The van der Waals surface area contributed by atoms with Crippen molar-refractivity contribution in [3.63, 3.8) is 0 Å². The Balaban J connectivity index is 5.22. The van der Waals surface area contributed by atoms with Gasteiger partial charge in [-0.3, -0.25) is 37.3 Å². The van der Waals surface area contributed by atoms with Gasteiger partial charge in [0, 0.05) is 25.7 Å². The van der Waals surface area contributed by atoms with E-state index in [2.05, 4.69) is 27.7 Å². The summed E-state index contributed by atoms with van der Waals surface area (Å²) in [5.41, 5.74) is 0. The number of hydrogen-bond acceptors (Lipinski definition) is 15. The van der Waals surface area contributed by atoms with Gasteiger partial charge in [0.1, 0.15) is 19.3 Å². The molecular formula is C82H160O17P2. The van der Waals surface area contributed by atoms with Crippen molar-refractivity contribution in [2.75, 3.05) is 39.6 Å². The van der Waals surface area contributed by atoms with Crippen LogP contribution in [0.4, 0.5) is 0 Å². The van der Waals surface area contributed by atoms with Crippen LogP contribution in [0.3, 0.4) is 0 Å². The summed E-state index contributed by atoms with van der Waals surface area (Å²) < 4.78 is 68.8. The molecule has 0 bridgehead atoms. The largest absolute Gasteiger partial charge is 0.472 e. The van der Waals surface area contributed by atoms with Gasteiger partial charge in [0.25, 0.3) is 0 Å². The molecular weight excluding hydrogens is 1320 g/mol. The number of phosphoric acid groups is 2. The maximum Gasteiger partial charge on any atom is 0.472 e. The van der Waals surface area contributed by atoms with Crippen LogP contribution in [0.5, 0.6) is 0 Å². The first-order valence-electron chi connectivity index (χ1n) is 42.8. The van der Waals surface area contributed by atoms with Gasteiger partial charge in [0.15, 0.2) is 12.2 Å². The van der Waals surface area contributed by atoms with Crippen molar-refractivity contribution in [2.24, 2.45) is 0 Å². The van der Waals surface area contributed by atoms with Crippen molar-refractivity contribution in [1.82, 2.24) is 0 Å². The van der Waals surface area contributed by atoms with Crippen molar-refractivity contribution in [3.8, 4) is 0 Å². The lowest BCUT2D eigenvalue weighted by atomic mass is 10.0. The molecule has 0 aromatic carbocycles. The highest BCUT2D eigenvalue weighted by Gasteiger charge is 2.30. The highest BCUT2D eigenvalue weighted by atomic mass is 31.2. The van der Waals surface area contributed by atoms with E-state index in [1.165, 1.54) is 276 Å². The zero-order valence-corrected chi connectivity index (χ0v) is 67.7. The zero-order chi connectivity index (χ0) is 73.9. The van der Waals surface area contributed by atoms with Gasteiger partial charge in [-0.25, -0.2) is 9.13 Å². The van der Waals surface area contributed by atoms with Gasteiger partial charge in [-0.2, -0.15) is 0 Å². The standard InChI is InChI=1S/C82H160O17P2/c1-5-9-13-17-21-25-29-32-35-37-38-39-40-43-46-49-53-57-61-65-69-82(87)99-78(73-93-80(85)67-63-59-55-51-47-44-42-36-33-30-26-22-18-14-10-6-2)75-97-101(90,91)95-71-76(83)70-94-100(88,89)96-74-77(72-92-79(84)66-62-58-54-50-28-24-20-16-12-8-4)98-81(86)68-64-60-56-52-48-45-41-34-31-27-23-19-15-11-7-3/h76-78,83H,5-75H2,1-4H3,(H,88,89)(H,90,91)/t76-,77+,78+/m0/s1. The van der Waals surface area contributed by atoms with E-state index in [1.807, 2.05) is 0 Å². The maximum absolute atomic E-state index is 13.1. The number of carbonyl (C=O) groups excluding carboxylic acids is 4. The van der Waals surface area contributed by atoms with Gasteiger partial charge in [0.2, 0.25) is 0 Å². The molecule has 0 aliphatic carbocycles. The number of esters is 4. The molecule has 19 heteroatoms. The second-order valence-electron chi connectivity index (χ2n) is 29.5. The minimum absolute atomic E-state index is 0.109. The van der Waals surface area contributed by atoms with E-state index in [9.17, 15) is 43.2 Å². The summed E-state index contributed by atoms with van der Waals surface area (Å²) in [4.78, 5) is 73.0. The molecule has 101 heavy (non-hydrogen) atoms. The van der Waals surface area contributed by atoms with E-state index in [0.29, 0.717) is 25.7 Å². The molecule has 0 radical (unpaired) electrons. The lowest BCUT2D eigenvalue weighted by molar-refractivity contribution is -0.161. The molecule has 0 spiro atoms. The molecule has 0 fully saturated rings. The van der Waals surface area contributed by atoms with E-state index in [-0.39, 0.29) is 25.7 Å². The number of phosphoric ester groups is 2. The average molecular weight is 1480 g/mol. The van der Waals surface area contributed by atoms with Crippen molar-refractivity contribution in [3.05, 3.63) is 0 Å². The number of hydrogen-bond donors (Lipinski definition) is 3. The number of rotatable bonds is 83. The quantitative estimate of drug-likeness (QED) is 0.0222. The highest BCUT2D eigenvalue weighted by molar-refractivity contribution is 7.47. The van der Waals surface area contributed by atoms with Crippen LogP contribution in [-0.4, -0.2) is 96.7 Å². The van der Waals surface area contributed by atoms with E-state index < -0.39 is 97.5 Å². The molecule has 0 aliphatic rings. The second kappa shape index (κ2) is 76.3. The van der Waals surface area contributed by atoms with Crippen molar-refractivity contribution in [2.45, 2.75) is 463 Å². The third-order valence-corrected chi connectivity index (χ3v) is 21.3. The average Bonchev–Trinajstić information content (AvgIpc) is 1.03. The SMILES string of the molecule is CCCCCCCCCCCCCCCCCCCCCCC(=O)O[C@H](COC(=O)CCCCCCCCCCCCCCCCCC)COP(=O)(O)OC[C@@H](O)COP(=O)(O)OC[C@@H](COC(=O)CCCCCCCCCCCC)OC(=O)CCCCCCCCCCCCCCCCC. The second-order valence-corrected chi connectivity index (χ2v) is 32.4. The molecule has 0 heterocycles. The van der Waals surface area contributed by atoms with E-state index in [1.54, 1.807) is 0 Å². The summed E-state index contributed by atoms with van der Waals surface area (Å²) >= 11 is 0. The Bertz CT molecular complexity index is 1910. The van der Waals surface area contributed by atoms with Crippen LogP contribution in [-0.2, 0) is 65.4 Å². The lowest BCUT2D eigenvalue weighted by Crippen LogP contribution is -2.30. The minimum Gasteiger partial charge on any atom is -0.462 e. The number of ether oxygens (including phenoxy) is 4. The van der Waals surface area contributed by atoms with Crippen molar-refractivity contribution in [1.29, 1.82) is 0 Å². The molecule has 3 N–H and O–H groups in total. The van der Waals surface area contributed by atoms with Gasteiger partial charge in [0.05, 0.1) is 26.4 Å². The molecule has 0 saturated heterocycles. The third-order valence-electron chi connectivity index (χ3n) is 19.4. The van der Waals surface area contributed by atoms with E-state index >= 15 is 0 Å². The topological polar surface area (TPSA) is 237 Å². The summed E-state index contributed by atoms with van der Waals surface area (Å²) in [6, 6.07) is 0. The highest BCUT2D eigenvalue weighted by Crippen LogP contribution is 2.45. The third kappa shape index (κ3) is 76.1. The number of aliphatic hydroxyl groups is 1. The summed E-state index contributed by atoms with van der Waals surface area (Å²) in [6.45, 7) is 5.03. The smallest absolute Gasteiger partial charge is 0.462 e. The number of carbonyl (C=O) groups is 4. The molecule has 5 atom stereocenters. The van der Waals surface area contributed by atoms with Crippen molar-refractivity contribution < 1.29 is 80.2 Å². The summed E-state index contributed by atoms with van der Waals surface area (Å²) in [6.07, 6.45) is 69.3. The Morgan fingerprint density at radius 1 is 0.238 bits per heavy atom. The van der Waals surface area contributed by atoms with Gasteiger partial charge in [-0.1, -0.05) is 394 Å². The van der Waals surface area contributed by atoms with Crippen molar-refractivity contribution >= 4 is 39.5 Å². The predicted molar refractivity (Wildman–Crippen MR) is 414 cm³/mol. The molecule has 0 aromatic heterocycles. The molecule has 0 amide bonds. The first kappa shape index (κ1) is 99.1. The molecule has 0 aromatic rings. The zero-order valence-electron chi connectivity index (χ0n) is 65.9. The Labute approximate surface area is 619 Å². The fourth-order valence-electron chi connectivity index (χ4n) is 12.8. The molecule has 0 rings (SSSR count). The van der Waals surface area contributed by atoms with Gasteiger partial charge < -0.3 is 33.8 Å². The minimum atomic E-state index is -4.96. The molecule has 2 unspecified atom stereocenters. The van der Waals surface area contributed by atoms with Gasteiger partial charge in [-0.05, 0) is 25.7 Å². The van der Waals surface area contributed by atoms with Crippen LogP contribution in [0.15, 0.2) is 0 Å². The van der Waals surface area contributed by atoms with Crippen LogP contribution in [0.1, 0.15) is 445 Å². The molecule has 0 aliphatic heterocycles. The fourth-order valence-corrected chi connectivity index (χ4v) is 14.4. The monoisotopic (exact) mass is 1480 g/mol. The predicted octanol–water partition coefficient (Wildman–Crippen LogP) is 25.0. The first-order valence-corrected chi connectivity index (χ1v) is 45.8. The number of aliphatic hydroxyl groups excluding tert-OH is 1. The Morgan fingerprint density at radius 2 is 0.396 bits per heavy atom. The summed E-state index contributed by atoms with van der Waals surface area (Å²) in [5.74, 6) is -2.10. The van der Waals surface area contributed by atoms with Crippen LogP contribution >= 0.6 is 15.6 Å². The molecule has 0 saturated carbocycles. The maximum atomic E-state index is 13.1. The van der Waals surface area contributed by atoms with E-state index in [4.69, 9.17) is 37.0 Å². The van der Waals surface area contributed by atoms with Crippen LogP contribution in [0.25, 0.3) is 0 Å². The molecule has 17 nitrogen and oxygen atoms in total. The van der Waals surface area contributed by atoms with Gasteiger partial charge >= 0.3 is 39.5 Å². The molecule has 600 valence electrons. The van der Waals surface area contributed by atoms with Crippen LogP contribution in [0, 0.1) is 0 Å².